The van der Waals surface area contributed by atoms with E-state index in [1.165, 1.54) is 23.1 Å². The Hall–Kier alpha value is -2.04. The summed E-state index contributed by atoms with van der Waals surface area (Å²) in [5.41, 5.74) is 1.86. The maximum absolute atomic E-state index is 11.8. The highest BCUT2D eigenvalue weighted by atomic mass is 32.2. The van der Waals surface area contributed by atoms with E-state index in [0.717, 1.165) is 15.6 Å². The van der Waals surface area contributed by atoms with Crippen LogP contribution < -0.4 is 10.6 Å². The van der Waals surface area contributed by atoms with Crippen LogP contribution in [0.4, 0.5) is 15.6 Å². The van der Waals surface area contributed by atoms with Crippen molar-refractivity contribution in [2.75, 3.05) is 16.4 Å². The molecule has 2 N–H and O–H groups in total. The topological polar surface area (TPSA) is 66.9 Å². The van der Waals surface area contributed by atoms with Gasteiger partial charge in [0.05, 0.1) is 5.75 Å². The molecule has 0 spiro atoms. The first kappa shape index (κ1) is 14.4. The Morgan fingerprint density at radius 3 is 2.80 bits per heavy atom. The van der Waals surface area contributed by atoms with Crippen molar-refractivity contribution in [1.82, 2.24) is 10.2 Å². The first-order valence-corrected chi connectivity index (χ1v) is 7.52. The second-order valence-electron chi connectivity index (χ2n) is 3.81. The molecule has 2 rings (SSSR count). The second-order valence-corrected chi connectivity index (χ2v) is 6.01. The molecule has 7 heteroatoms. The van der Waals surface area contributed by atoms with Crippen LogP contribution in [-0.2, 0) is 0 Å². The number of urea groups is 1. The van der Waals surface area contributed by atoms with Crippen molar-refractivity contribution in [3.63, 3.8) is 0 Å². The van der Waals surface area contributed by atoms with E-state index in [2.05, 4.69) is 26.8 Å². The zero-order valence-corrected chi connectivity index (χ0v) is 12.3. The summed E-state index contributed by atoms with van der Waals surface area (Å²) in [5.74, 6) is 3.04. The molecular weight excluding hydrogens is 292 g/mol. The number of terminal acetylenes is 1. The molecule has 20 heavy (non-hydrogen) atoms. The first-order chi connectivity index (χ1) is 9.67. The zero-order chi connectivity index (χ0) is 14.4. The average molecular weight is 304 g/mol. The summed E-state index contributed by atoms with van der Waals surface area (Å²) in [6.45, 7) is 1.99. The predicted octanol–water partition coefficient (Wildman–Crippen LogP) is 3.22. The van der Waals surface area contributed by atoms with Crippen molar-refractivity contribution in [2.24, 2.45) is 0 Å². The summed E-state index contributed by atoms with van der Waals surface area (Å²) in [4.78, 5) is 11.8. The molecule has 1 heterocycles. The standard InChI is InChI=1S/C13H12N4OS2/c1-3-8-19-13-17-16-12(20-13)15-11(18)14-10-6-4-9(2)5-7-10/h1,4-7H,8H2,2H3,(H2,14,15,16,18). The summed E-state index contributed by atoms with van der Waals surface area (Å²) < 4.78 is 0.730. The number of benzene rings is 1. The summed E-state index contributed by atoms with van der Waals surface area (Å²) in [7, 11) is 0. The minimum atomic E-state index is -0.349. The van der Waals surface area contributed by atoms with E-state index < -0.39 is 0 Å². The van der Waals surface area contributed by atoms with Gasteiger partial charge in [-0.2, -0.15) is 0 Å². The number of carbonyl (C=O) groups is 1. The predicted molar refractivity (Wildman–Crippen MR) is 83.3 cm³/mol. The Labute approximate surface area is 125 Å². The number of aromatic nitrogens is 2. The Kier molecular flexibility index (Phi) is 4.98. The smallest absolute Gasteiger partial charge is 0.308 e. The quantitative estimate of drug-likeness (QED) is 0.517. The number of nitrogens with zero attached hydrogens (tertiary/aromatic N) is 2. The van der Waals surface area contributed by atoms with Crippen LogP contribution in [0.2, 0.25) is 0 Å². The van der Waals surface area contributed by atoms with E-state index in [1.807, 2.05) is 31.2 Å². The minimum absolute atomic E-state index is 0.349. The molecule has 0 unspecified atom stereocenters. The molecular formula is C13H12N4OS2. The molecule has 2 amide bonds. The summed E-state index contributed by atoms with van der Waals surface area (Å²) >= 11 is 2.70. The maximum Gasteiger partial charge on any atom is 0.325 e. The van der Waals surface area contributed by atoms with Crippen LogP contribution in [0.3, 0.4) is 0 Å². The third-order valence-corrected chi connectivity index (χ3v) is 4.09. The molecule has 5 nitrogen and oxygen atoms in total. The highest BCUT2D eigenvalue weighted by molar-refractivity contribution is 8.01. The number of thioether (sulfide) groups is 1. The molecule has 0 saturated carbocycles. The van der Waals surface area contributed by atoms with Crippen LogP contribution in [0.1, 0.15) is 5.56 Å². The van der Waals surface area contributed by atoms with Crippen LogP contribution in [-0.4, -0.2) is 22.0 Å². The van der Waals surface area contributed by atoms with Crippen molar-refractivity contribution in [1.29, 1.82) is 0 Å². The van der Waals surface area contributed by atoms with E-state index >= 15 is 0 Å². The third kappa shape index (κ3) is 4.26. The van der Waals surface area contributed by atoms with Gasteiger partial charge in [0, 0.05) is 5.69 Å². The Morgan fingerprint density at radius 2 is 2.10 bits per heavy atom. The van der Waals surface area contributed by atoms with E-state index in [4.69, 9.17) is 6.42 Å². The molecule has 0 aliphatic heterocycles. The van der Waals surface area contributed by atoms with Gasteiger partial charge in [-0.15, -0.1) is 16.6 Å². The maximum atomic E-state index is 11.8. The molecule has 0 radical (unpaired) electrons. The van der Waals surface area contributed by atoms with Crippen molar-refractivity contribution < 1.29 is 4.79 Å². The average Bonchev–Trinajstić information content (AvgIpc) is 2.86. The second kappa shape index (κ2) is 6.93. The lowest BCUT2D eigenvalue weighted by Crippen LogP contribution is -2.19. The van der Waals surface area contributed by atoms with Crippen LogP contribution >= 0.6 is 23.1 Å². The number of carbonyl (C=O) groups excluding carboxylic acids is 1. The highest BCUT2D eigenvalue weighted by Crippen LogP contribution is 2.25. The molecule has 0 aliphatic rings. The molecule has 1 aromatic carbocycles. The van der Waals surface area contributed by atoms with Gasteiger partial charge in [-0.3, -0.25) is 5.32 Å². The lowest BCUT2D eigenvalue weighted by atomic mass is 10.2. The lowest BCUT2D eigenvalue weighted by Gasteiger charge is -2.04. The van der Waals surface area contributed by atoms with E-state index in [-0.39, 0.29) is 6.03 Å². The fourth-order valence-electron chi connectivity index (χ4n) is 1.32. The lowest BCUT2D eigenvalue weighted by molar-refractivity contribution is 0.262. The van der Waals surface area contributed by atoms with Gasteiger partial charge in [0.1, 0.15) is 0 Å². The Morgan fingerprint density at radius 1 is 1.35 bits per heavy atom. The van der Waals surface area contributed by atoms with E-state index in [9.17, 15) is 4.79 Å². The van der Waals surface area contributed by atoms with E-state index in [0.29, 0.717) is 10.9 Å². The van der Waals surface area contributed by atoms with Crippen LogP contribution in [0, 0.1) is 19.3 Å². The SMILES string of the molecule is C#CCSc1nnc(NC(=O)Nc2ccc(C)cc2)s1. The molecule has 2 aromatic rings. The normalized spacial score (nSPS) is 9.80. The van der Waals surface area contributed by atoms with Gasteiger partial charge in [0.15, 0.2) is 4.34 Å². The van der Waals surface area contributed by atoms with Crippen molar-refractivity contribution >= 4 is 39.9 Å². The number of hydrogen-bond donors (Lipinski definition) is 2. The molecule has 0 saturated heterocycles. The van der Waals surface area contributed by atoms with Gasteiger partial charge in [-0.05, 0) is 19.1 Å². The molecule has 0 atom stereocenters. The molecule has 0 fully saturated rings. The van der Waals surface area contributed by atoms with Gasteiger partial charge < -0.3 is 5.32 Å². The number of nitrogens with one attached hydrogen (secondary N) is 2. The third-order valence-electron chi connectivity index (χ3n) is 2.22. The van der Waals surface area contributed by atoms with Crippen LogP contribution in [0.25, 0.3) is 0 Å². The summed E-state index contributed by atoms with van der Waals surface area (Å²) in [6.07, 6.45) is 5.17. The Balaban J connectivity index is 1.89. The molecule has 0 bridgehead atoms. The number of anilines is 2. The zero-order valence-electron chi connectivity index (χ0n) is 10.7. The molecule has 102 valence electrons. The van der Waals surface area contributed by atoms with Gasteiger partial charge in [0.2, 0.25) is 5.13 Å². The largest absolute Gasteiger partial charge is 0.325 e. The van der Waals surface area contributed by atoms with Gasteiger partial charge >= 0.3 is 6.03 Å². The fourth-order valence-corrected chi connectivity index (χ4v) is 2.75. The van der Waals surface area contributed by atoms with Gasteiger partial charge in [-0.25, -0.2) is 4.79 Å². The number of amides is 2. The fraction of sp³-hybridized carbons (Fsp3) is 0.154. The highest BCUT2D eigenvalue weighted by Gasteiger charge is 2.08. The van der Waals surface area contributed by atoms with Crippen molar-refractivity contribution in [3.05, 3.63) is 29.8 Å². The van der Waals surface area contributed by atoms with Gasteiger partial charge in [0.25, 0.3) is 0 Å². The monoisotopic (exact) mass is 304 g/mol. The summed E-state index contributed by atoms with van der Waals surface area (Å²) in [5, 5.41) is 13.6. The van der Waals surface area contributed by atoms with Crippen LogP contribution in [0.5, 0.6) is 0 Å². The van der Waals surface area contributed by atoms with Crippen molar-refractivity contribution in [3.8, 4) is 12.3 Å². The van der Waals surface area contributed by atoms with E-state index in [1.54, 1.807) is 0 Å². The minimum Gasteiger partial charge on any atom is -0.308 e. The van der Waals surface area contributed by atoms with Gasteiger partial charge in [-0.1, -0.05) is 46.7 Å². The van der Waals surface area contributed by atoms with Crippen LogP contribution in [0.15, 0.2) is 28.6 Å². The molecule has 1 aromatic heterocycles. The number of aryl methyl sites for hydroxylation is 1. The molecule has 0 aliphatic carbocycles. The number of hydrogen-bond acceptors (Lipinski definition) is 5. The first-order valence-electron chi connectivity index (χ1n) is 5.72. The Bertz CT molecular complexity index is 631. The number of rotatable bonds is 4. The van der Waals surface area contributed by atoms with Crippen molar-refractivity contribution in [2.45, 2.75) is 11.3 Å². The summed E-state index contributed by atoms with van der Waals surface area (Å²) in [6, 6.07) is 7.18.